The molecular formula is C13H20O3. The number of hydrogen-bond donors (Lipinski definition) is 1. The van der Waals surface area contributed by atoms with Crippen molar-refractivity contribution in [1.29, 1.82) is 0 Å². The van der Waals surface area contributed by atoms with Gasteiger partial charge in [0.15, 0.2) is 0 Å². The normalized spacial score (nSPS) is 48.3. The summed E-state index contributed by atoms with van der Waals surface area (Å²) in [5.74, 6) is 0.695. The van der Waals surface area contributed by atoms with Crippen molar-refractivity contribution in [1.82, 2.24) is 0 Å². The minimum atomic E-state index is -0.255. The average Bonchev–Trinajstić information content (AvgIpc) is 2.29. The lowest BCUT2D eigenvalue weighted by Gasteiger charge is -2.45. The predicted octanol–water partition coefficient (Wildman–Crippen LogP) is 1.67. The van der Waals surface area contributed by atoms with Crippen molar-refractivity contribution >= 4 is 5.78 Å². The molecular weight excluding hydrogens is 204 g/mol. The van der Waals surface area contributed by atoms with Crippen LogP contribution in [-0.4, -0.2) is 29.2 Å². The molecule has 0 aromatic heterocycles. The Morgan fingerprint density at radius 2 is 1.75 bits per heavy atom. The SMILES string of the molecule is O=C1C2CCCCC2OC2CC(O)CCC12. The van der Waals surface area contributed by atoms with Crippen molar-refractivity contribution in [3.8, 4) is 0 Å². The monoisotopic (exact) mass is 224 g/mol. The summed E-state index contributed by atoms with van der Waals surface area (Å²) in [4.78, 5) is 12.3. The van der Waals surface area contributed by atoms with Crippen LogP contribution in [0.2, 0.25) is 0 Å². The lowest BCUT2D eigenvalue weighted by molar-refractivity contribution is -0.173. The Labute approximate surface area is 96.2 Å². The zero-order chi connectivity index (χ0) is 11.1. The van der Waals surface area contributed by atoms with E-state index < -0.39 is 0 Å². The topological polar surface area (TPSA) is 46.5 Å². The van der Waals surface area contributed by atoms with Crippen molar-refractivity contribution in [2.24, 2.45) is 11.8 Å². The van der Waals surface area contributed by atoms with Gasteiger partial charge in [0.2, 0.25) is 0 Å². The number of carbonyl (C=O) groups excluding carboxylic acids is 1. The molecule has 3 rings (SSSR count). The molecule has 3 nitrogen and oxygen atoms in total. The molecule has 16 heavy (non-hydrogen) atoms. The molecule has 1 aliphatic heterocycles. The number of aliphatic hydroxyl groups excluding tert-OH is 1. The van der Waals surface area contributed by atoms with E-state index >= 15 is 0 Å². The Balaban J connectivity index is 1.78. The standard InChI is InChI=1S/C13H20O3/c14-8-5-6-10-12(7-8)16-11-4-2-1-3-9(11)13(10)15/h8-12,14H,1-7H2. The van der Waals surface area contributed by atoms with Gasteiger partial charge in [-0.3, -0.25) is 4.79 Å². The van der Waals surface area contributed by atoms with Gasteiger partial charge in [-0.15, -0.1) is 0 Å². The first-order chi connectivity index (χ1) is 7.75. The van der Waals surface area contributed by atoms with Crippen molar-refractivity contribution in [3.05, 3.63) is 0 Å². The van der Waals surface area contributed by atoms with Gasteiger partial charge in [0.1, 0.15) is 5.78 Å². The number of carbonyl (C=O) groups is 1. The summed E-state index contributed by atoms with van der Waals surface area (Å²) in [5, 5.41) is 9.64. The summed E-state index contributed by atoms with van der Waals surface area (Å²) in [5.41, 5.74) is 0. The zero-order valence-electron chi connectivity index (χ0n) is 9.60. The number of Topliss-reactive ketones (excluding diaryl/α,β-unsaturated/α-hetero) is 1. The van der Waals surface area contributed by atoms with Crippen molar-refractivity contribution in [3.63, 3.8) is 0 Å². The molecule has 5 unspecified atom stereocenters. The minimum Gasteiger partial charge on any atom is -0.393 e. The third-order valence-electron chi connectivity index (χ3n) is 4.55. The van der Waals surface area contributed by atoms with Crippen LogP contribution >= 0.6 is 0 Å². The van der Waals surface area contributed by atoms with Crippen molar-refractivity contribution in [2.75, 3.05) is 0 Å². The second-order valence-electron chi connectivity index (χ2n) is 5.58. The van der Waals surface area contributed by atoms with Gasteiger partial charge >= 0.3 is 0 Å². The number of ether oxygens (including phenoxy) is 1. The highest BCUT2D eigenvalue weighted by Gasteiger charge is 2.47. The van der Waals surface area contributed by atoms with E-state index in [9.17, 15) is 9.90 Å². The highest BCUT2D eigenvalue weighted by molar-refractivity contribution is 5.85. The third kappa shape index (κ3) is 1.70. The Hall–Kier alpha value is -0.410. The summed E-state index contributed by atoms with van der Waals surface area (Å²) < 4.78 is 6.05. The van der Waals surface area contributed by atoms with Gasteiger partial charge in [-0.05, 0) is 25.7 Å². The van der Waals surface area contributed by atoms with Gasteiger partial charge in [-0.1, -0.05) is 12.8 Å². The van der Waals surface area contributed by atoms with Crippen LogP contribution in [0.4, 0.5) is 0 Å². The summed E-state index contributed by atoms with van der Waals surface area (Å²) >= 11 is 0. The summed E-state index contributed by atoms with van der Waals surface area (Å²) in [7, 11) is 0. The first kappa shape index (κ1) is 10.7. The van der Waals surface area contributed by atoms with E-state index in [-0.39, 0.29) is 30.1 Å². The smallest absolute Gasteiger partial charge is 0.144 e. The van der Waals surface area contributed by atoms with E-state index in [1.165, 1.54) is 12.8 Å². The number of rotatable bonds is 0. The van der Waals surface area contributed by atoms with Crippen LogP contribution in [0.15, 0.2) is 0 Å². The lowest BCUT2D eigenvalue weighted by Crippen LogP contribution is -2.52. The minimum absolute atomic E-state index is 0.00981. The van der Waals surface area contributed by atoms with Gasteiger partial charge in [-0.25, -0.2) is 0 Å². The maximum atomic E-state index is 12.3. The van der Waals surface area contributed by atoms with Crippen LogP contribution < -0.4 is 0 Å². The quantitative estimate of drug-likeness (QED) is 0.681. The largest absolute Gasteiger partial charge is 0.393 e. The molecule has 0 amide bonds. The van der Waals surface area contributed by atoms with Crippen molar-refractivity contribution < 1.29 is 14.6 Å². The van der Waals surface area contributed by atoms with E-state index in [0.29, 0.717) is 12.2 Å². The van der Waals surface area contributed by atoms with E-state index in [1.54, 1.807) is 0 Å². The maximum absolute atomic E-state index is 12.3. The van der Waals surface area contributed by atoms with Crippen LogP contribution in [0.3, 0.4) is 0 Å². The second-order valence-corrected chi connectivity index (χ2v) is 5.58. The fraction of sp³-hybridized carbons (Fsp3) is 0.923. The van der Waals surface area contributed by atoms with Crippen LogP contribution in [-0.2, 0) is 9.53 Å². The van der Waals surface area contributed by atoms with Crippen molar-refractivity contribution in [2.45, 2.75) is 63.3 Å². The molecule has 2 saturated carbocycles. The molecule has 1 heterocycles. The number of aliphatic hydroxyl groups is 1. The third-order valence-corrected chi connectivity index (χ3v) is 4.55. The Morgan fingerprint density at radius 1 is 1.00 bits per heavy atom. The molecule has 0 aromatic rings. The van der Waals surface area contributed by atoms with E-state index in [2.05, 4.69) is 0 Å². The maximum Gasteiger partial charge on any atom is 0.144 e. The first-order valence-electron chi connectivity index (χ1n) is 6.63. The molecule has 0 bridgehead atoms. The number of hydrogen-bond acceptors (Lipinski definition) is 3. The average molecular weight is 224 g/mol. The molecule has 0 radical (unpaired) electrons. The Kier molecular flexibility index (Phi) is 2.76. The van der Waals surface area contributed by atoms with Gasteiger partial charge in [0, 0.05) is 18.3 Å². The lowest BCUT2D eigenvalue weighted by atomic mass is 9.71. The Morgan fingerprint density at radius 3 is 2.62 bits per heavy atom. The summed E-state index contributed by atoms with van der Waals surface area (Å²) in [6, 6.07) is 0. The molecule has 1 N–H and O–H groups in total. The molecule has 0 aromatic carbocycles. The molecule has 3 fully saturated rings. The number of ketones is 1. The molecule has 0 spiro atoms. The zero-order valence-corrected chi connectivity index (χ0v) is 9.60. The van der Waals surface area contributed by atoms with Gasteiger partial charge < -0.3 is 9.84 Å². The molecule has 1 saturated heterocycles. The second kappa shape index (κ2) is 4.11. The summed E-state index contributed by atoms with van der Waals surface area (Å²) in [6.07, 6.45) is 6.61. The fourth-order valence-electron chi connectivity index (χ4n) is 3.67. The van der Waals surface area contributed by atoms with E-state index in [4.69, 9.17) is 4.74 Å². The highest BCUT2D eigenvalue weighted by atomic mass is 16.5. The first-order valence-corrected chi connectivity index (χ1v) is 6.63. The fourth-order valence-corrected chi connectivity index (χ4v) is 3.67. The molecule has 2 aliphatic carbocycles. The molecule has 3 aliphatic rings. The molecule has 90 valence electrons. The summed E-state index contributed by atoms with van der Waals surface area (Å²) in [6.45, 7) is 0. The van der Waals surface area contributed by atoms with E-state index in [1.807, 2.05) is 0 Å². The van der Waals surface area contributed by atoms with Gasteiger partial charge in [0.05, 0.1) is 18.3 Å². The van der Waals surface area contributed by atoms with Crippen LogP contribution in [0, 0.1) is 11.8 Å². The highest BCUT2D eigenvalue weighted by Crippen LogP contribution is 2.41. The predicted molar refractivity (Wildman–Crippen MR) is 59.0 cm³/mol. The van der Waals surface area contributed by atoms with Crippen LogP contribution in [0.1, 0.15) is 44.9 Å². The van der Waals surface area contributed by atoms with Crippen LogP contribution in [0.5, 0.6) is 0 Å². The van der Waals surface area contributed by atoms with Gasteiger partial charge in [0.25, 0.3) is 0 Å². The molecule has 3 heteroatoms. The number of fused-ring (bicyclic) bond motifs is 2. The van der Waals surface area contributed by atoms with Crippen LogP contribution in [0.25, 0.3) is 0 Å². The van der Waals surface area contributed by atoms with Gasteiger partial charge in [-0.2, -0.15) is 0 Å². The Bertz CT molecular complexity index is 289. The molecule has 5 atom stereocenters. The van der Waals surface area contributed by atoms with E-state index in [0.717, 1.165) is 25.7 Å².